The van der Waals surface area contributed by atoms with E-state index < -0.39 is 0 Å². The van der Waals surface area contributed by atoms with Gasteiger partial charge in [0.25, 0.3) is 0 Å². The molecule has 0 aromatic carbocycles. The Bertz CT molecular complexity index is 197. The van der Waals surface area contributed by atoms with Gasteiger partial charge in [0.05, 0.1) is 6.10 Å². The molecule has 2 unspecified atom stereocenters. The second-order valence-electron chi connectivity index (χ2n) is 5.99. The Morgan fingerprint density at radius 2 is 1.81 bits per heavy atom. The average Bonchev–Trinajstić information content (AvgIpc) is 2.74. The third-order valence-electron chi connectivity index (χ3n) is 4.45. The Morgan fingerprint density at radius 3 is 2.19 bits per heavy atom. The van der Waals surface area contributed by atoms with E-state index in [0.717, 1.165) is 12.8 Å². The molecule has 1 rings (SSSR count). The summed E-state index contributed by atoms with van der Waals surface area (Å²) in [5.74, 6) is 0.913. The molecular weight excluding hydrogens is 198 g/mol. The molecule has 0 bridgehead atoms. The normalized spacial score (nSPS) is 23.6. The molecule has 96 valence electrons. The van der Waals surface area contributed by atoms with Crippen LogP contribution < -0.4 is 5.73 Å². The minimum absolute atomic E-state index is 0.179. The topological polar surface area (TPSA) is 46.2 Å². The highest BCUT2D eigenvalue weighted by molar-refractivity contribution is 4.93. The zero-order chi connectivity index (χ0) is 12.2. The predicted molar refractivity (Wildman–Crippen MR) is 69.2 cm³/mol. The predicted octanol–water partition coefficient (Wildman–Crippen LogP) is 2.94. The highest BCUT2D eigenvalue weighted by atomic mass is 16.3. The molecule has 1 saturated carbocycles. The van der Waals surface area contributed by atoms with Gasteiger partial charge >= 0.3 is 0 Å². The van der Waals surface area contributed by atoms with E-state index in [1.54, 1.807) is 0 Å². The van der Waals surface area contributed by atoms with Crippen LogP contribution in [0.3, 0.4) is 0 Å². The van der Waals surface area contributed by atoms with Crippen LogP contribution >= 0.6 is 0 Å². The van der Waals surface area contributed by atoms with Crippen LogP contribution in [0.1, 0.15) is 59.3 Å². The van der Waals surface area contributed by atoms with Crippen molar-refractivity contribution in [1.82, 2.24) is 0 Å². The molecular formula is C14H29NO. The van der Waals surface area contributed by atoms with Crippen LogP contribution in [-0.2, 0) is 0 Å². The lowest BCUT2D eigenvalue weighted by Crippen LogP contribution is -2.41. The summed E-state index contributed by atoms with van der Waals surface area (Å²) in [4.78, 5) is 0. The van der Waals surface area contributed by atoms with E-state index in [9.17, 15) is 5.11 Å². The first-order valence-corrected chi connectivity index (χ1v) is 6.94. The van der Waals surface area contributed by atoms with E-state index in [0.29, 0.717) is 12.5 Å². The second kappa shape index (κ2) is 6.02. The Morgan fingerprint density at radius 1 is 1.25 bits per heavy atom. The highest BCUT2D eigenvalue weighted by Crippen LogP contribution is 2.46. The molecule has 0 radical (unpaired) electrons. The number of aliphatic hydroxyl groups excluding tert-OH is 1. The molecule has 3 N–H and O–H groups in total. The largest absolute Gasteiger partial charge is 0.392 e. The number of aliphatic hydroxyl groups is 1. The molecule has 1 aliphatic carbocycles. The molecule has 2 atom stereocenters. The highest BCUT2D eigenvalue weighted by Gasteiger charge is 2.42. The standard InChI is InChI=1S/C14H29NO/c1-4-14(7-5-6-8-14)13(16)12(10-15)9-11(2)3/h11-13,16H,4-10,15H2,1-3H3. The van der Waals surface area contributed by atoms with Crippen molar-refractivity contribution in [2.24, 2.45) is 23.0 Å². The summed E-state index contributed by atoms with van der Waals surface area (Å²) in [6.07, 6.45) is 6.92. The van der Waals surface area contributed by atoms with E-state index >= 15 is 0 Å². The van der Waals surface area contributed by atoms with Crippen molar-refractivity contribution < 1.29 is 5.11 Å². The summed E-state index contributed by atoms with van der Waals surface area (Å²) < 4.78 is 0. The first-order chi connectivity index (χ1) is 7.55. The minimum Gasteiger partial charge on any atom is -0.392 e. The molecule has 16 heavy (non-hydrogen) atoms. The van der Waals surface area contributed by atoms with Gasteiger partial charge in [-0.1, -0.05) is 33.6 Å². The fraction of sp³-hybridized carbons (Fsp3) is 1.00. The summed E-state index contributed by atoms with van der Waals surface area (Å²) in [6, 6.07) is 0. The fourth-order valence-corrected chi connectivity index (χ4v) is 3.40. The summed E-state index contributed by atoms with van der Waals surface area (Å²) in [7, 11) is 0. The van der Waals surface area contributed by atoms with Gasteiger partial charge in [0.15, 0.2) is 0 Å². The van der Waals surface area contributed by atoms with Gasteiger partial charge in [0.1, 0.15) is 0 Å². The molecule has 1 fully saturated rings. The molecule has 1 aliphatic rings. The van der Waals surface area contributed by atoms with Gasteiger partial charge < -0.3 is 10.8 Å². The smallest absolute Gasteiger partial charge is 0.0636 e. The Hall–Kier alpha value is -0.0800. The Balaban J connectivity index is 2.67. The van der Waals surface area contributed by atoms with Crippen molar-refractivity contribution in [1.29, 1.82) is 0 Å². The van der Waals surface area contributed by atoms with Crippen LogP contribution in [0.25, 0.3) is 0 Å². The minimum atomic E-state index is -0.188. The van der Waals surface area contributed by atoms with Crippen LogP contribution in [0.4, 0.5) is 0 Å². The number of rotatable bonds is 6. The molecule has 0 spiro atoms. The molecule has 0 aromatic heterocycles. The lowest BCUT2D eigenvalue weighted by atomic mass is 9.71. The Labute approximate surface area is 101 Å². The summed E-state index contributed by atoms with van der Waals surface area (Å²) in [6.45, 7) is 7.27. The first-order valence-electron chi connectivity index (χ1n) is 6.94. The zero-order valence-electron chi connectivity index (χ0n) is 11.2. The van der Waals surface area contributed by atoms with E-state index in [4.69, 9.17) is 5.73 Å². The maximum Gasteiger partial charge on any atom is 0.0636 e. The first kappa shape index (κ1) is 14.0. The van der Waals surface area contributed by atoms with Crippen molar-refractivity contribution in [3.05, 3.63) is 0 Å². The van der Waals surface area contributed by atoms with Gasteiger partial charge in [-0.05, 0) is 49.5 Å². The van der Waals surface area contributed by atoms with Gasteiger partial charge in [-0.3, -0.25) is 0 Å². The van der Waals surface area contributed by atoms with Gasteiger partial charge in [0.2, 0.25) is 0 Å². The molecule has 2 nitrogen and oxygen atoms in total. The number of nitrogens with two attached hydrogens (primary N) is 1. The number of hydrogen-bond donors (Lipinski definition) is 2. The summed E-state index contributed by atoms with van der Waals surface area (Å²) in [5.41, 5.74) is 6.02. The molecule has 0 heterocycles. The molecule has 0 amide bonds. The quantitative estimate of drug-likeness (QED) is 0.733. The number of hydrogen-bond acceptors (Lipinski definition) is 2. The van der Waals surface area contributed by atoms with Crippen molar-refractivity contribution in [3.8, 4) is 0 Å². The third kappa shape index (κ3) is 2.98. The lowest BCUT2D eigenvalue weighted by molar-refractivity contribution is -0.0226. The van der Waals surface area contributed by atoms with Crippen LogP contribution in [0, 0.1) is 17.3 Å². The van der Waals surface area contributed by atoms with E-state index in [2.05, 4.69) is 20.8 Å². The van der Waals surface area contributed by atoms with Crippen LogP contribution in [0.5, 0.6) is 0 Å². The monoisotopic (exact) mass is 227 g/mol. The fourth-order valence-electron chi connectivity index (χ4n) is 3.40. The van der Waals surface area contributed by atoms with Crippen LogP contribution in [-0.4, -0.2) is 17.8 Å². The maximum absolute atomic E-state index is 10.6. The molecule has 0 aliphatic heterocycles. The lowest BCUT2D eigenvalue weighted by Gasteiger charge is -2.38. The zero-order valence-corrected chi connectivity index (χ0v) is 11.2. The van der Waals surface area contributed by atoms with Gasteiger partial charge in [-0.25, -0.2) is 0 Å². The van der Waals surface area contributed by atoms with Crippen LogP contribution in [0.15, 0.2) is 0 Å². The maximum atomic E-state index is 10.6. The summed E-state index contributed by atoms with van der Waals surface area (Å²) in [5, 5.41) is 10.6. The molecule has 0 saturated heterocycles. The van der Waals surface area contributed by atoms with Crippen molar-refractivity contribution >= 4 is 0 Å². The van der Waals surface area contributed by atoms with Gasteiger partial charge in [0, 0.05) is 0 Å². The van der Waals surface area contributed by atoms with E-state index in [-0.39, 0.29) is 17.4 Å². The van der Waals surface area contributed by atoms with Crippen molar-refractivity contribution in [2.75, 3.05) is 6.54 Å². The van der Waals surface area contributed by atoms with E-state index in [1.165, 1.54) is 25.7 Å². The van der Waals surface area contributed by atoms with Crippen molar-refractivity contribution in [3.63, 3.8) is 0 Å². The third-order valence-corrected chi connectivity index (χ3v) is 4.45. The van der Waals surface area contributed by atoms with E-state index in [1.807, 2.05) is 0 Å². The van der Waals surface area contributed by atoms with Gasteiger partial charge in [-0.2, -0.15) is 0 Å². The molecule has 2 heteroatoms. The average molecular weight is 227 g/mol. The SMILES string of the molecule is CCC1(C(O)C(CN)CC(C)C)CCCC1. The second-order valence-corrected chi connectivity index (χ2v) is 5.99. The molecule has 0 aromatic rings. The Kier molecular flexibility index (Phi) is 5.26. The van der Waals surface area contributed by atoms with Crippen LogP contribution in [0.2, 0.25) is 0 Å². The van der Waals surface area contributed by atoms with Gasteiger partial charge in [-0.15, -0.1) is 0 Å². The summed E-state index contributed by atoms with van der Waals surface area (Å²) >= 11 is 0. The van der Waals surface area contributed by atoms with Crippen molar-refractivity contribution in [2.45, 2.75) is 65.4 Å².